The van der Waals surface area contributed by atoms with Crippen molar-refractivity contribution in [3.05, 3.63) is 52.3 Å². The molecule has 0 bridgehead atoms. The van der Waals surface area contributed by atoms with E-state index in [0.717, 1.165) is 34.5 Å². The van der Waals surface area contributed by atoms with Crippen LogP contribution in [0, 0.1) is 12.3 Å². The van der Waals surface area contributed by atoms with E-state index in [9.17, 15) is 13.2 Å². The molecule has 1 N–H and O–H groups in total. The number of benzene rings is 1. The largest absolute Gasteiger partial charge is 0.379 e. The molecule has 0 amide bonds. The average molecular weight is 417 g/mol. The van der Waals surface area contributed by atoms with Gasteiger partial charge in [0, 0.05) is 42.9 Å². The minimum Gasteiger partial charge on any atom is -0.379 e. The lowest BCUT2D eigenvalue weighted by molar-refractivity contribution is 0.0730. The van der Waals surface area contributed by atoms with Gasteiger partial charge in [-0.1, -0.05) is 32.0 Å². The van der Waals surface area contributed by atoms with Gasteiger partial charge in [-0.25, -0.2) is 8.42 Å². The van der Waals surface area contributed by atoms with E-state index in [1.807, 2.05) is 19.1 Å². The van der Waals surface area contributed by atoms with Gasteiger partial charge in [0.05, 0.1) is 18.1 Å². The van der Waals surface area contributed by atoms with Gasteiger partial charge in [-0.2, -0.15) is 4.31 Å². The monoisotopic (exact) mass is 416 g/mol. The van der Waals surface area contributed by atoms with Gasteiger partial charge >= 0.3 is 0 Å². The summed E-state index contributed by atoms with van der Waals surface area (Å²) in [6.45, 7) is 7.73. The van der Waals surface area contributed by atoms with E-state index in [-0.39, 0.29) is 11.2 Å². The van der Waals surface area contributed by atoms with E-state index >= 15 is 0 Å². The summed E-state index contributed by atoms with van der Waals surface area (Å²) in [6.07, 6.45) is 1.75. The van der Waals surface area contributed by atoms with Crippen LogP contribution in [0.4, 0.5) is 0 Å². The molecule has 1 aliphatic carbocycles. The number of H-pyrrole nitrogens is 1. The molecule has 0 radical (unpaired) electrons. The van der Waals surface area contributed by atoms with E-state index in [0.29, 0.717) is 44.0 Å². The number of aromatic amines is 1. The van der Waals surface area contributed by atoms with E-state index in [2.05, 4.69) is 18.8 Å². The molecule has 6 nitrogen and oxygen atoms in total. The number of Topliss-reactive ketones (excluding diaryl/α,β-unsaturated/α-hetero) is 1. The normalized spacial score (nSPS) is 19.9. The first kappa shape index (κ1) is 20.3. The Kier molecular flexibility index (Phi) is 5.17. The van der Waals surface area contributed by atoms with Crippen LogP contribution in [0.2, 0.25) is 0 Å². The van der Waals surface area contributed by atoms with Gasteiger partial charge in [-0.15, -0.1) is 0 Å². The van der Waals surface area contributed by atoms with Crippen LogP contribution >= 0.6 is 0 Å². The highest BCUT2D eigenvalue weighted by atomic mass is 32.2. The molecular weight excluding hydrogens is 388 g/mol. The van der Waals surface area contributed by atoms with Gasteiger partial charge in [-0.05, 0) is 36.0 Å². The van der Waals surface area contributed by atoms with Crippen LogP contribution in [0.25, 0.3) is 0 Å². The second-order valence-electron chi connectivity index (χ2n) is 8.82. The minimum absolute atomic E-state index is 0.0593. The summed E-state index contributed by atoms with van der Waals surface area (Å²) < 4.78 is 33.3. The Morgan fingerprint density at radius 3 is 2.55 bits per heavy atom. The van der Waals surface area contributed by atoms with Gasteiger partial charge in [-0.3, -0.25) is 4.79 Å². The van der Waals surface area contributed by atoms with Crippen LogP contribution in [0.3, 0.4) is 0 Å². The number of aromatic nitrogens is 1. The summed E-state index contributed by atoms with van der Waals surface area (Å²) in [5, 5.41) is 0. The van der Waals surface area contributed by atoms with Crippen molar-refractivity contribution >= 4 is 15.8 Å². The van der Waals surface area contributed by atoms with E-state index < -0.39 is 10.0 Å². The third kappa shape index (κ3) is 3.79. The second-order valence-corrected chi connectivity index (χ2v) is 10.7. The molecule has 0 saturated carbocycles. The number of hydrogen-bond acceptors (Lipinski definition) is 4. The van der Waals surface area contributed by atoms with Crippen molar-refractivity contribution in [2.24, 2.45) is 5.41 Å². The smallest absolute Gasteiger partial charge is 0.243 e. The number of morpholine rings is 1. The lowest BCUT2D eigenvalue weighted by Gasteiger charge is -2.29. The number of nitrogens with one attached hydrogen (secondary N) is 1. The van der Waals surface area contributed by atoms with Gasteiger partial charge in [0.15, 0.2) is 5.78 Å². The highest BCUT2D eigenvalue weighted by Crippen LogP contribution is 2.38. The summed E-state index contributed by atoms with van der Waals surface area (Å²) >= 11 is 0. The van der Waals surface area contributed by atoms with Crippen LogP contribution in [-0.4, -0.2) is 49.8 Å². The van der Waals surface area contributed by atoms with Crippen LogP contribution in [0.15, 0.2) is 29.2 Å². The molecule has 1 aliphatic heterocycles. The van der Waals surface area contributed by atoms with E-state index in [4.69, 9.17) is 4.74 Å². The molecule has 0 unspecified atom stereocenters. The first-order chi connectivity index (χ1) is 13.7. The van der Waals surface area contributed by atoms with E-state index in [1.54, 1.807) is 12.1 Å². The third-order valence-electron chi connectivity index (χ3n) is 5.90. The molecule has 0 atom stereocenters. The van der Waals surface area contributed by atoms with Gasteiger partial charge in [0.2, 0.25) is 10.0 Å². The van der Waals surface area contributed by atoms with Crippen molar-refractivity contribution in [3.8, 4) is 0 Å². The van der Waals surface area contributed by atoms with Crippen LogP contribution in [-0.2, 0) is 27.6 Å². The molecule has 4 rings (SSSR count). The number of aryl methyl sites for hydroxylation is 1. The van der Waals surface area contributed by atoms with Crippen molar-refractivity contribution in [2.45, 2.75) is 44.9 Å². The number of ether oxygens (including phenoxy) is 1. The molecule has 0 spiro atoms. The molecular formula is C22H28N2O4S. The Morgan fingerprint density at radius 2 is 1.83 bits per heavy atom. The van der Waals surface area contributed by atoms with Crippen LogP contribution in [0.5, 0.6) is 0 Å². The average Bonchev–Trinajstić information content (AvgIpc) is 2.97. The summed E-state index contributed by atoms with van der Waals surface area (Å²) in [5.41, 5.74) is 4.27. The molecule has 1 saturated heterocycles. The SMILES string of the molecule is Cc1[nH]c2c(c1Cc1ccccc1S(=O)(=O)N1CCOCC1)C(=O)CC(C)(C)C2. The van der Waals surface area contributed by atoms with Crippen molar-refractivity contribution in [1.82, 2.24) is 9.29 Å². The molecule has 7 heteroatoms. The lowest BCUT2D eigenvalue weighted by Crippen LogP contribution is -2.40. The first-order valence-corrected chi connectivity index (χ1v) is 11.5. The Bertz CT molecular complexity index is 1050. The number of nitrogens with zero attached hydrogens (tertiary/aromatic N) is 1. The number of hydrogen-bond donors (Lipinski definition) is 1. The van der Waals surface area contributed by atoms with E-state index in [1.165, 1.54) is 4.31 Å². The van der Waals surface area contributed by atoms with Gasteiger partial charge in [0.25, 0.3) is 0 Å². The van der Waals surface area contributed by atoms with Crippen molar-refractivity contribution in [3.63, 3.8) is 0 Å². The maximum atomic E-state index is 13.3. The molecule has 2 heterocycles. The number of ketones is 1. The maximum absolute atomic E-state index is 13.3. The second kappa shape index (κ2) is 7.38. The molecule has 29 heavy (non-hydrogen) atoms. The first-order valence-electron chi connectivity index (χ1n) is 10.1. The Morgan fingerprint density at radius 1 is 1.14 bits per heavy atom. The zero-order chi connectivity index (χ0) is 20.8. The number of fused-ring (bicyclic) bond motifs is 1. The fourth-order valence-corrected chi connectivity index (χ4v) is 6.14. The standard InChI is InChI=1S/C22H28N2O4S/c1-15-17(21-18(23-15)13-22(2,3)14-19(21)25)12-16-6-4-5-7-20(16)29(26,27)24-8-10-28-11-9-24/h4-7,23H,8-14H2,1-3H3. The van der Waals surface area contributed by atoms with Crippen molar-refractivity contribution in [1.29, 1.82) is 0 Å². The summed E-state index contributed by atoms with van der Waals surface area (Å²) in [5.74, 6) is 0.143. The summed E-state index contributed by atoms with van der Waals surface area (Å²) in [4.78, 5) is 16.6. The third-order valence-corrected chi connectivity index (χ3v) is 7.89. The maximum Gasteiger partial charge on any atom is 0.243 e. The van der Waals surface area contributed by atoms with Crippen LogP contribution < -0.4 is 0 Å². The molecule has 1 aromatic carbocycles. The fourth-order valence-electron chi connectivity index (χ4n) is 4.51. The zero-order valence-electron chi connectivity index (χ0n) is 17.2. The topological polar surface area (TPSA) is 79.5 Å². The predicted molar refractivity (Wildman–Crippen MR) is 111 cm³/mol. The zero-order valence-corrected chi connectivity index (χ0v) is 18.1. The number of rotatable bonds is 4. The molecule has 1 fully saturated rings. The minimum atomic E-state index is -3.60. The van der Waals surface area contributed by atoms with Crippen LogP contribution in [0.1, 0.15) is 53.1 Å². The van der Waals surface area contributed by atoms with Gasteiger partial charge in [0.1, 0.15) is 0 Å². The van der Waals surface area contributed by atoms with Gasteiger partial charge < -0.3 is 9.72 Å². The summed E-state index contributed by atoms with van der Waals surface area (Å²) in [7, 11) is -3.60. The highest BCUT2D eigenvalue weighted by Gasteiger charge is 2.35. The van der Waals surface area contributed by atoms with Crippen molar-refractivity contribution in [2.75, 3.05) is 26.3 Å². The fraction of sp³-hybridized carbons (Fsp3) is 0.500. The Hall–Kier alpha value is -1.96. The molecule has 2 aliphatic rings. The predicted octanol–water partition coefficient (Wildman–Crippen LogP) is 3.09. The number of sulfonamides is 1. The summed E-state index contributed by atoms with van der Waals surface area (Å²) in [6, 6.07) is 7.12. The molecule has 156 valence electrons. The van der Waals surface area contributed by atoms with Crippen molar-refractivity contribution < 1.29 is 17.9 Å². The number of carbonyl (C=O) groups is 1. The molecule has 1 aromatic heterocycles. The Balaban J connectivity index is 1.73. The highest BCUT2D eigenvalue weighted by molar-refractivity contribution is 7.89. The quantitative estimate of drug-likeness (QED) is 0.831. The lowest BCUT2D eigenvalue weighted by atomic mass is 9.75. The molecule has 2 aromatic rings. The number of carbonyl (C=O) groups excluding carboxylic acids is 1. The Labute approximate surface area is 172 Å².